The molecule has 2 atom stereocenters. The van der Waals surface area contributed by atoms with Gasteiger partial charge in [-0.2, -0.15) is 0 Å². The van der Waals surface area contributed by atoms with E-state index < -0.39 is 24.5 Å². The Morgan fingerprint density at radius 1 is 1.21 bits per heavy atom. The molecule has 3 N–H and O–H groups in total. The molecule has 1 aliphatic carbocycles. The van der Waals surface area contributed by atoms with E-state index in [0.29, 0.717) is 5.92 Å². The van der Waals surface area contributed by atoms with Crippen LogP contribution >= 0.6 is 0 Å². The molecule has 7 heteroatoms. The summed E-state index contributed by atoms with van der Waals surface area (Å²) in [6, 6.07) is 5.32. The molecule has 0 radical (unpaired) electrons. The summed E-state index contributed by atoms with van der Waals surface area (Å²) in [5, 5.41) is 14.5. The number of urea groups is 1. The van der Waals surface area contributed by atoms with E-state index in [4.69, 9.17) is 4.74 Å². The predicted molar refractivity (Wildman–Crippen MR) is 86.5 cm³/mol. The van der Waals surface area contributed by atoms with Crippen molar-refractivity contribution in [3.8, 4) is 5.75 Å². The van der Waals surface area contributed by atoms with Gasteiger partial charge in [0.15, 0.2) is 6.61 Å². The maximum absolute atomic E-state index is 11.8. The number of amides is 3. The molecule has 1 aromatic carbocycles. The Hall–Kier alpha value is -2.57. The average Bonchev–Trinajstić information content (AvgIpc) is 2.55. The van der Waals surface area contributed by atoms with Gasteiger partial charge in [-0.3, -0.25) is 10.1 Å². The van der Waals surface area contributed by atoms with Gasteiger partial charge in [0.2, 0.25) is 0 Å². The minimum Gasteiger partial charge on any atom is -0.507 e. The summed E-state index contributed by atoms with van der Waals surface area (Å²) in [5.41, 5.74) is -0.0363. The molecule has 1 fully saturated rings. The van der Waals surface area contributed by atoms with Crippen LogP contribution in [0.15, 0.2) is 24.3 Å². The first kappa shape index (κ1) is 17.8. The minimum atomic E-state index is -0.829. The number of phenolic OH excluding ortho intramolecular Hbond substituents is 1. The molecule has 1 aliphatic rings. The summed E-state index contributed by atoms with van der Waals surface area (Å²) in [7, 11) is 0. The van der Waals surface area contributed by atoms with Crippen molar-refractivity contribution in [1.82, 2.24) is 10.6 Å². The zero-order chi connectivity index (χ0) is 17.5. The molecule has 0 unspecified atom stereocenters. The SMILES string of the molecule is C[C@H]1CCCC[C@H]1NC(=O)NC(=O)COC(=O)c1ccccc1O. The molecule has 3 amide bonds. The zero-order valence-electron chi connectivity index (χ0n) is 13.6. The molecule has 0 heterocycles. The van der Waals surface area contributed by atoms with E-state index in [1.807, 2.05) is 0 Å². The van der Waals surface area contributed by atoms with Gasteiger partial charge < -0.3 is 15.2 Å². The number of aromatic hydroxyl groups is 1. The fourth-order valence-electron chi connectivity index (χ4n) is 2.75. The van der Waals surface area contributed by atoms with E-state index >= 15 is 0 Å². The number of carbonyl (C=O) groups excluding carboxylic acids is 3. The Labute approximate surface area is 140 Å². The lowest BCUT2D eigenvalue weighted by molar-refractivity contribution is -0.123. The summed E-state index contributed by atoms with van der Waals surface area (Å²) >= 11 is 0. The lowest BCUT2D eigenvalue weighted by atomic mass is 9.86. The van der Waals surface area contributed by atoms with Gasteiger partial charge in [-0.1, -0.05) is 31.9 Å². The Balaban J connectivity index is 1.75. The van der Waals surface area contributed by atoms with Crippen molar-refractivity contribution >= 4 is 17.9 Å². The van der Waals surface area contributed by atoms with Crippen LogP contribution in [0.5, 0.6) is 5.75 Å². The van der Waals surface area contributed by atoms with Gasteiger partial charge in [0.25, 0.3) is 5.91 Å². The van der Waals surface area contributed by atoms with Gasteiger partial charge in [-0.25, -0.2) is 9.59 Å². The number of esters is 1. The summed E-state index contributed by atoms with van der Waals surface area (Å²) in [5.74, 6) is -1.41. The molecule has 1 saturated carbocycles. The van der Waals surface area contributed by atoms with Crippen molar-refractivity contribution in [3.05, 3.63) is 29.8 Å². The van der Waals surface area contributed by atoms with Crippen LogP contribution < -0.4 is 10.6 Å². The number of hydrogen-bond donors (Lipinski definition) is 3. The van der Waals surface area contributed by atoms with Crippen LogP contribution in [0.4, 0.5) is 4.79 Å². The third kappa shape index (κ3) is 4.97. The van der Waals surface area contributed by atoms with E-state index in [2.05, 4.69) is 17.6 Å². The number of phenols is 1. The molecule has 7 nitrogen and oxygen atoms in total. The van der Waals surface area contributed by atoms with Crippen molar-refractivity contribution in [2.45, 2.75) is 38.6 Å². The first-order valence-electron chi connectivity index (χ1n) is 8.03. The van der Waals surface area contributed by atoms with Crippen LogP contribution in [0.1, 0.15) is 43.0 Å². The Bertz CT molecular complexity index is 617. The van der Waals surface area contributed by atoms with Gasteiger partial charge in [-0.15, -0.1) is 0 Å². The summed E-state index contributed by atoms with van der Waals surface area (Å²) < 4.78 is 4.79. The highest BCUT2D eigenvalue weighted by molar-refractivity contribution is 5.97. The normalized spacial score (nSPS) is 20.0. The van der Waals surface area contributed by atoms with E-state index in [1.54, 1.807) is 12.1 Å². The molecule has 130 valence electrons. The third-order valence-corrected chi connectivity index (χ3v) is 4.14. The highest BCUT2D eigenvalue weighted by Crippen LogP contribution is 2.23. The van der Waals surface area contributed by atoms with Gasteiger partial charge >= 0.3 is 12.0 Å². The Kier molecular flexibility index (Phi) is 6.17. The maximum atomic E-state index is 11.8. The standard InChI is InChI=1S/C17H22N2O5/c1-11-6-2-4-8-13(11)18-17(23)19-15(21)10-24-16(22)12-7-3-5-9-14(12)20/h3,5,7,9,11,13,20H,2,4,6,8,10H2,1H3,(H2,18,19,21,23)/t11-,13+/m0/s1. The van der Waals surface area contributed by atoms with Crippen molar-refractivity contribution in [3.63, 3.8) is 0 Å². The van der Waals surface area contributed by atoms with E-state index in [1.165, 1.54) is 12.1 Å². The first-order valence-corrected chi connectivity index (χ1v) is 8.03. The molecule has 1 aromatic rings. The minimum absolute atomic E-state index is 0.0363. The van der Waals surface area contributed by atoms with Crippen LogP contribution in [0.3, 0.4) is 0 Å². The number of imide groups is 1. The second-order valence-corrected chi connectivity index (χ2v) is 5.98. The van der Waals surface area contributed by atoms with E-state index in [-0.39, 0.29) is 17.4 Å². The molecule has 0 saturated heterocycles. The van der Waals surface area contributed by atoms with E-state index in [0.717, 1.165) is 25.7 Å². The lowest BCUT2D eigenvalue weighted by Gasteiger charge is -2.29. The molecule has 24 heavy (non-hydrogen) atoms. The first-order chi connectivity index (χ1) is 11.5. The smallest absolute Gasteiger partial charge is 0.342 e. The average molecular weight is 334 g/mol. The fourth-order valence-corrected chi connectivity index (χ4v) is 2.75. The van der Waals surface area contributed by atoms with Crippen LogP contribution in [0, 0.1) is 5.92 Å². The Morgan fingerprint density at radius 3 is 2.62 bits per heavy atom. The predicted octanol–water partition coefficient (Wildman–Crippen LogP) is 1.95. The number of carbonyl (C=O) groups is 3. The van der Waals surface area contributed by atoms with Crippen molar-refractivity contribution in [2.75, 3.05) is 6.61 Å². The largest absolute Gasteiger partial charge is 0.507 e. The van der Waals surface area contributed by atoms with Crippen molar-refractivity contribution in [1.29, 1.82) is 0 Å². The van der Waals surface area contributed by atoms with Gasteiger partial charge in [0.05, 0.1) is 0 Å². The topological polar surface area (TPSA) is 105 Å². The molecule has 2 rings (SSSR count). The zero-order valence-corrected chi connectivity index (χ0v) is 13.6. The van der Waals surface area contributed by atoms with Crippen LogP contribution in [0.25, 0.3) is 0 Å². The van der Waals surface area contributed by atoms with Crippen LogP contribution in [-0.2, 0) is 9.53 Å². The number of benzene rings is 1. The molecule has 0 spiro atoms. The fraction of sp³-hybridized carbons (Fsp3) is 0.471. The second kappa shape index (κ2) is 8.33. The number of nitrogens with one attached hydrogen (secondary N) is 2. The van der Waals surface area contributed by atoms with Crippen LogP contribution in [-0.4, -0.2) is 35.7 Å². The summed E-state index contributed by atoms with van der Waals surface area (Å²) in [4.78, 5) is 35.3. The molecular formula is C17H22N2O5. The molecule has 0 aromatic heterocycles. The number of hydrogen-bond acceptors (Lipinski definition) is 5. The summed E-state index contributed by atoms with van der Waals surface area (Å²) in [6.07, 6.45) is 4.16. The van der Waals surface area contributed by atoms with Gasteiger partial charge in [-0.05, 0) is 30.9 Å². The molecule has 0 aliphatic heterocycles. The van der Waals surface area contributed by atoms with Crippen molar-refractivity contribution < 1.29 is 24.2 Å². The molecule has 0 bridgehead atoms. The number of rotatable bonds is 4. The van der Waals surface area contributed by atoms with Gasteiger partial charge in [0.1, 0.15) is 11.3 Å². The maximum Gasteiger partial charge on any atom is 0.342 e. The van der Waals surface area contributed by atoms with E-state index in [9.17, 15) is 19.5 Å². The second-order valence-electron chi connectivity index (χ2n) is 5.98. The lowest BCUT2D eigenvalue weighted by Crippen LogP contribution is -2.48. The highest BCUT2D eigenvalue weighted by Gasteiger charge is 2.23. The highest BCUT2D eigenvalue weighted by atomic mass is 16.5. The third-order valence-electron chi connectivity index (χ3n) is 4.14. The quantitative estimate of drug-likeness (QED) is 0.730. The number of para-hydroxylation sites is 1. The van der Waals surface area contributed by atoms with Gasteiger partial charge in [0, 0.05) is 6.04 Å². The van der Waals surface area contributed by atoms with Crippen molar-refractivity contribution in [2.24, 2.45) is 5.92 Å². The number of ether oxygens (including phenoxy) is 1. The summed E-state index contributed by atoms with van der Waals surface area (Å²) in [6.45, 7) is 1.47. The Morgan fingerprint density at radius 2 is 1.92 bits per heavy atom. The van der Waals surface area contributed by atoms with Crippen LogP contribution in [0.2, 0.25) is 0 Å². The molecular weight excluding hydrogens is 312 g/mol. The monoisotopic (exact) mass is 334 g/mol.